The standard InChI is InChI=1S/C15H12ClNO2/c1-2-18-14-5-3-4-6-15(14)19-13-8-7-12(16)9-11(13)10-17/h3-9H,2H2,1H3. The van der Waals surface area contributed by atoms with Crippen LogP contribution in [0.15, 0.2) is 42.5 Å². The van der Waals surface area contributed by atoms with Crippen molar-refractivity contribution in [2.45, 2.75) is 6.92 Å². The first kappa shape index (κ1) is 13.3. The minimum Gasteiger partial charge on any atom is -0.490 e. The minimum atomic E-state index is 0.388. The molecule has 96 valence electrons. The third-order valence-corrected chi connectivity index (χ3v) is 2.67. The van der Waals surface area contributed by atoms with Crippen LogP contribution in [-0.4, -0.2) is 6.61 Å². The van der Waals surface area contributed by atoms with Crippen LogP contribution in [0.5, 0.6) is 17.2 Å². The number of hydrogen-bond acceptors (Lipinski definition) is 3. The van der Waals surface area contributed by atoms with E-state index >= 15 is 0 Å². The van der Waals surface area contributed by atoms with Gasteiger partial charge in [0, 0.05) is 5.02 Å². The Morgan fingerprint density at radius 1 is 1.11 bits per heavy atom. The van der Waals surface area contributed by atoms with Crippen LogP contribution >= 0.6 is 11.6 Å². The molecule has 0 saturated carbocycles. The molecule has 0 unspecified atom stereocenters. The fourth-order valence-corrected chi connectivity index (χ4v) is 1.78. The summed E-state index contributed by atoms with van der Waals surface area (Å²) in [6.45, 7) is 2.45. The average Bonchev–Trinajstić information content (AvgIpc) is 2.43. The smallest absolute Gasteiger partial charge is 0.169 e. The molecule has 0 fully saturated rings. The topological polar surface area (TPSA) is 42.2 Å². The molecule has 0 heterocycles. The Morgan fingerprint density at radius 3 is 2.53 bits per heavy atom. The van der Waals surface area contributed by atoms with Crippen molar-refractivity contribution in [2.75, 3.05) is 6.61 Å². The summed E-state index contributed by atoms with van der Waals surface area (Å²) in [5, 5.41) is 9.58. The van der Waals surface area contributed by atoms with Crippen molar-refractivity contribution in [3.63, 3.8) is 0 Å². The molecule has 19 heavy (non-hydrogen) atoms. The van der Waals surface area contributed by atoms with Crippen molar-refractivity contribution in [1.82, 2.24) is 0 Å². The zero-order valence-corrected chi connectivity index (χ0v) is 11.1. The molecule has 0 N–H and O–H groups in total. The minimum absolute atomic E-state index is 0.388. The molecule has 0 aliphatic heterocycles. The summed E-state index contributed by atoms with van der Waals surface area (Å²) in [5.74, 6) is 1.67. The molecule has 2 rings (SSSR count). The van der Waals surface area contributed by atoms with E-state index in [4.69, 9.17) is 26.3 Å². The maximum Gasteiger partial charge on any atom is 0.169 e. The van der Waals surface area contributed by atoms with Crippen LogP contribution in [0, 0.1) is 11.3 Å². The fraction of sp³-hybridized carbons (Fsp3) is 0.133. The van der Waals surface area contributed by atoms with Crippen molar-refractivity contribution < 1.29 is 9.47 Å². The highest BCUT2D eigenvalue weighted by atomic mass is 35.5. The van der Waals surface area contributed by atoms with Gasteiger partial charge in [-0.2, -0.15) is 5.26 Å². The maximum atomic E-state index is 9.07. The van der Waals surface area contributed by atoms with Gasteiger partial charge in [0.2, 0.25) is 0 Å². The maximum absolute atomic E-state index is 9.07. The Labute approximate surface area is 117 Å². The SMILES string of the molecule is CCOc1ccccc1Oc1ccc(Cl)cc1C#N. The third-order valence-electron chi connectivity index (χ3n) is 2.43. The number of nitrogens with zero attached hydrogens (tertiary/aromatic N) is 1. The van der Waals surface area contributed by atoms with Crippen LogP contribution in [0.2, 0.25) is 5.02 Å². The van der Waals surface area contributed by atoms with E-state index in [1.54, 1.807) is 24.3 Å². The van der Waals surface area contributed by atoms with Crippen LogP contribution in [0.25, 0.3) is 0 Å². The van der Waals surface area contributed by atoms with E-state index < -0.39 is 0 Å². The monoisotopic (exact) mass is 273 g/mol. The van der Waals surface area contributed by atoms with Crippen molar-refractivity contribution in [3.05, 3.63) is 53.1 Å². The normalized spacial score (nSPS) is 9.74. The van der Waals surface area contributed by atoms with Crippen molar-refractivity contribution in [1.29, 1.82) is 5.26 Å². The predicted octanol–water partition coefficient (Wildman–Crippen LogP) is 4.40. The van der Waals surface area contributed by atoms with Gasteiger partial charge in [0.15, 0.2) is 11.5 Å². The van der Waals surface area contributed by atoms with Crippen LogP contribution in [-0.2, 0) is 0 Å². The van der Waals surface area contributed by atoms with Gasteiger partial charge in [0.1, 0.15) is 11.8 Å². The molecule has 0 radical (unpaired) electrons. The van der Waals surface area contributed by atoms with E-state index in [9.17, 15) is 0 Å². The number of halogens is 1. The van der Waals surface area contributed by atoms with E-state index in [1.165, 1.54) is 0 Å². The zero-order chi connectivity index (χ0) is 13.7. The van der Waals surface area contributed by atoms with Gasteiger partial charge in [-0.05, 0) is 37.3 Å². The van der Waals surface area contributed by atoms with E-state index in [-0.39, 0.29) is 0 Å². The summed E-state index contributed by atoms with van der Waals surface area (Å²) in [6, 6.07) is 14.3. The van der Waals surface area contributed by atoms with Crippen LogP contribution in [0.3, 0.4) is 0 Å². The lowest BCUT2D eigenvalue weighted by Gasteiger charge is -2.12. The summed E-state index contributed by atoms with van der Waals surface area (Å²) in [4.78, 5) is 0. The number of ether oxygens (including phenoxy) is 2. The molecule has 0 bridgehead atoms. The number of para-hydroxylation sites is 2. The Balaban J connectivity index is 2.34. The molecular formula is C15H12ClNO2. The summed E-state index contributed by atoms with van der Waals surface area (Å²) in [7, 11) is 0. The lowest BCUT2D eigenvalue weighted by Crippen LogP contribution is -1.95. The molecule has 2 aromatic carbocycles. The van der Waals surface area contributed by atoms with Gasteiger partial charge in [-0.1, -0.05) is 23.7 Å². The molecule has 0 spiro atoms. The van der Waals surface area contributed by atoms with Gasteiger partial charge in [-0.25, -0.2) is 0 Å². The van der Waals surface area contributed by atoms with Crippen LogP contribution in [0.4, 0.5) is 0 Å². The van der Waals surface area contributed by atoms with E-state index in [0.29, 0.717) is 34.4 Å². The largest absolute Gasteiger partial charge is 0.490 e. The number of rotatable bonds is 4. The predicted molar refractivity (Wildman–Crippen MR) is 73.9 cm³/mol. The highest BCUT2D eigenvalue weighted by Gasteiger charge is 2.09. The molecule has 0 saturated heterocycles. The first-order valence-corrected chi connectivity index (χ1v) is 6.21. The molecule has 2 aromatic rings. The fourth-order valence-electron chi connectivity index (χ4n) is 1.61. The highest BCUT2D eigenvalue weighted by molar-refractivity contribution is 6.30. The second-order valence-electron chi connectivity index (χ2n) is 3.73. The lowest BCUT2D eigenvalue weighted by atomic mass is 10.2. The number of hydrogen-bond donors (Lipinski definition) is 0. The Kier molecular flexibility index (Phi) is 4.27. The number of nitriles is 1. The van der Waals surface area contributed by atoms with E-state index in [2.05, 4.69) is 6.07 Å². The van der Waals surface area contributed by atoms with Gasteiger partial charge in [-0.15, -0.1) is 0 Å². The molecule has 0 atom stereocenters. The van der Waals surface area contributed by atoms with Gasteiger partial charge >= 0.3 is 0 Å². The van der Waals surface area contributed by atoms with Crippen molar-refractivity contribution in [3.8, 4) is 23.3 Å². The summed E-state index contributed by atoms with van der Waals surface area (Å²) < 4.78 is 11.2. The van der Waals surface area contributed by atoms with Gasteiger partial charge in [0.05, 0.1) is 12.2 Å². The van der Waals surface area contributed by atoms with Crippen molar-refractivity contribution in [2.24, 2.45) is 0 Å². The first-order chi connectivity index (χ1) is 9.24. The van der Waals surface area contributed by atoms with Gasteiger partial charge < -0.3 is 9.47 Å². The van der Waals surface area contributed by atoms with Gasteiger partial charge in [0.25, 0.3) is 0 Å². The second-order valence-corrected chi connectivity index (χ2v) is 4.17. The average molecular weight is 274 g/mol. The van der Waals surface area contributed by atoms with E-state index in [0.717, 1.165) is 0 Å². The molecule has 0 amide bonds. The Bertz CT molecular complexity index is 620. The summed E-state index contributed by atoms with van der Waals surface area (Å²) in [5.41, 5.74) is 0.388. The molecule has 0 aliphatic carbocycles. The highest BCUT2D eigenvalue weighted by Crippen LogP contribution is 2.33. The Hall–Kier alpha value is -2.18. The van der Waals surface area contributed by atoms with Crippen LogP contribution in [0.1, 0.15) is 12.5 Å². The molecule has 0 aliphatic rings. The van der Waals surface area contributed by atoms with Gasteiger partial charge in [-0.3, -0.25) is 0 Å². The lowest BCUT2D eigenvalue weighted by molar-refractivity contribution is 0.321. The van der Waals surface area contributed by atoms with Crippen molar-refractivity contribution >= 4 is 11.6 Å². The van der Waals surface area contributed by atoms with E-state index in [1.807, 2.05) is 25.1 Å². The zero-order valence-electron chi connectivity index (χ0n) is 10.4. The Morgan fingerprint density at radius 2 is 1.84 bits per heavy atom. The molecule has 3 nitrogen and oxygen atoms in total. The molecular weight excluding hydrogens is 262 g/mol. The quantitative estimate of drug-likeness (QED) is 0.829. The first-order valence-electron chi connectivity index (χ1n) is 5.84. The summed E-state index contributed by atoms with van der Waals surface area (Å²) >= 11 is 5.85. The summed E-state index contributed by atoms with van der Waals surface area (Å²) in [6.07, 6.45) is 0. The second kappa shape index (κ2) is 6.12. The molecule has 0 aromatic heterocycles. The molecule has 4 heteroatoms. The number of benzene rings is 2. The van der Waals surface area contributed by atoms with Crippen LogP contribution < -0.4 is 9.47 Å². The third kappa shape index (κ3) is 3.18.